The summed E-state index contributed by atoms with van der Waals surface area (Å²) in [6, 6.07) is 15.4. The number of hydrogen-bond acceptors (Lipinski definition) is 5. The first-order chi connectivity index (χ1) is 15.2. The smallest absolute Gasteiger partial charge is 0.227 e. The summed E-state index contributed by atoms with van der Waals surface area (Å²) in [6.45, 7) is 4.23. The summed E-state index contributed by atoms with van der Waals surface area (Å²) < 4.78 is 1.72. The molecule has 7 heteroatoms. The normalized spacial score (nSPS) is 11.2. The molecule has 0 aliphatic heterocycles. The molecule has 31 heavy (non-hydrogen) atoms. The van der Waals surface area contributed by atoms with Crippen LogP contribution in [0.1, 0.15) is 39.5 Å². The molecule has 3 aromatic heterocycles. The first-order valence-electron chi connectivity index (χ1n) is 10.7. The number of amides is 1. The maximum atomic E-state index is 12.6. The van der Waals surface area contributed by atoms with E-state index in [0.717, 1.165) is 48.2 Å². The second-order valence-electron chi connectivity index (χ2n) is 7.59. The van der Waals surface area contributed by atoms with Crippen molar-refractivity contribution in [2.45, 2.75) is 39.5 Å². The molecule has 0 radical (unpaired) electrons. The number of fused-ring (bicyclic) bond motifs is 1. The molecule has 1 N–H and O–H groups in total. The van der Waals surface area contributed by atoms with Crippen molar-refractivity contribution < 1.29 is 4.79 Å². The molecule has 0 saturated carbocycles. The maximum absolute atomic E-state index is 12.6. The fraction of sp³-hybridized carbons (Fsp3) is 0.292. The summed E-state index contributed by atoms with van der Waals surface area (Å²) >= 11 is 0. The number of carbonyl (C=O) groups excluding carboxylic acids is 1. The Balaban J connectivity index is 1.56. The highest BCUT2D eigenvalue weighted by Crippen LogP contribution is 2.23. The van der Waals surface area contributed by atoms with Gasteiger partial charge in [0.15, 0.2) is 11.5 Å². The van der Waals surface area contributed by atoms with Gasteiger partial charge >= 0.3 is 0 Å². The van der Waals surface area contributed by atoms with Crippen molar-refractivity contribution in [3.8, 4) is 22.6 Å². The molecular weight excluding hydrogens is 388 g/mol. The zero-order valence-electron chi connectivity index (χ0n) is 17.8. The van der Waals surface area contributed by atoms with Crippen LogP contribution in [-0.2, 0) is 4.79 Å². The number of pyridine rings is 1. The second-order valence-corrected chi connectivity index (χ2v) is 7.59. The molecule has 1 aromatic carbocycles. The largest absolute Gasteiger partial charge is 0.326 e. The number of anilines is 1. The van der Waals surface area contributed by atoms with Gasteiger partial charge in [0.2, 0.25) is 5.91 Å². The topological polar surface area (TPSA) is 85.1 Å². The monoisotopic (exact) mass is 414 g/mol. The van der Waals surface area contributed by atoms with Gasteiger partial charge in [0.1, 0.15) is 0 Å². The predicted octanol–water partition coefficient (Wildman–Crippen LogP) is 5.01. The Bertz CT molecular complexity index is 1150. The van der Waals surface area contributed by atoms with E-state index in [1.165, 1.54) is 0 Å². The fourth-order valence-electron chi connectivity index (χ4n) is 3.69. The Labute approximate surface area is 181 Å². The lowest BCUT2D eigenvalue weighted by molar-refractivity contribution is -0.120. The number of nitrogens with zero attached hydrogens (tertiary/aromatic N) is 5. The van der Waals surface area contributed by atoms with Crippen LogP contribution < -0.4 is 5.32 Å². The molecule has 0 saturated heterocycles. The molecule has 0 bridgehead atoms. The van der Waals surface area contributed by atoms with E-state index in [1.54, 1.807) is 16.9 Å². The van der Waals surface area contributed by atoms with Gasteiger partial charge in [-0.05, 0) is 49.2 Å². The molecule has 7 nitrogen and oxygen atoms in total. The zero-order valence-corrected chi connectivity index (χ0v) is 17.8. The molecular formula is C24H26N6O. The first-order valence-corrected chi connectivity index (χ1v) is 10.7. The average molecular weight is 415 g/mol. The zero-order chi connectivity index (χ0) is 21.6. The first kappa shape index (κ1) is 20.7. The van der Waals surface area contributed by atoms with Crippen LogP contribution in [0, 0.1) is 5.92 Å². The van der Waals surface area contributed by atoms with Gasteiger partial charge in [0.25, 0.3) is 0 Å². The Morgan fingerprint density at radius 2 is 1.74 bits per heavy atom. The highest BCUT2D eigenvalue weighted by atomic mass is 16.1. The number of hydrogen-bond donors (Lipinski definition) is 1. The van der Waals surface area contributed by atoms with Crippen molar-refractivity contribution in [3.63, 3.8) is 0 Å². The predicted molar refractivity (Wildman–Crippen MR) is 121 cm³/mol. The summed E-state index contributed by atoms with van der Waals surface area (Å²) in [6.07, 6.45) is 7.32. The SMILES string of the molecule is CCCC(CCC)C(=O)Nc1ccc(-c2ccc3nnc(-c4cccnc4)n3n2)cc1. The van der Waals surface area contributed by atoms with E-state index in [9.17, 15) is 4.79 Å². The minimum atomic E-state index is 0.0680. The highest BCUT2D eigenvalue weighted by molar-refractivity contribution is 5.92. The summed E-state index contributed by atoms with van der Waals surface area (Å²) in [5.41, 5.74) is 4.07. The molecule has 4 rings (SSSR count). The summed E-state index contributed by atoms with van der Waals surface area (Å²) in [5.74, 6) is 0.812. The molecule has 4 aromatic rings. The second kappa shape index (κ2) is 9.47. The van der Waals surface area contributed by atoms with Gasteiger partial charge in [-0.3, -0.25) is 9.78 Å². The van der Waals surface area contributed by atoms with Crippen molar-refractivity contribution in [1.29, 1.82) is 0 Å². The third-order valence-electron chi connectivity index (χ3n) is 5.28. The van der Waals surface area contributed by atoms with Crippen LogP contribution in [0.4, 0.5) is 5.69 Å². The molecule has 0 aliphatic carbocycles. The molecule has 3 heterocycles. The minimum Gasteiger partial charge on any atom is -0.326 e. The van der Waals surface area contributed by atoms with Crippen LogP contribution >= 0.6 is 0 Å². The molecule has 158 valence electrons. The Morgan fingerprint density at radius 1 is 0.968 bits per heavy atom. The third-order valence-corrected chi connectivity index (χ3v) is 5.28. The van der Waals surface area contributed by atoms with Crippen molar-refractivity contribution in [1.82, 2.24) is 24.8 Å². The lowest BCUT2D eigenvalue weighted by Gasteiger charge is -2.15. The van der Waals surface area contributed by atoms with E-state index < -0.39 is 0 Å². The van der Waals surface area contributed by atoms with Crippen LogP contribution in [0.3, 0.4) is 0 Å². The minimum absolute atomic E-state index is 0.0680. The van der Waals surface area contributed by atoms with E-state index in [4.69, 9.17) is 5.10 Å². The third kappa shape index (κ3) is 4.60. The van der Waals surface area contributed by atoms with Gasteiger partial charge in [-0.25, -0.2) is 0 Å². The van der Waals surface area contributed by atoms with Crippen LogP contribution in [0.5, 0.6) is 0 Å². The van der Waals surface area contributed by atoms with Crippen molar-refractivity contribution in [2.75, 3.05) is 5.32 Å². The van der Waals surface area contributed by atoms with E-state index >= 15 is 0 Å². The highest BCUT2D eigenvalue weighted by Gasteiger charge is 2.17. The van der Waals surface area contributed by atoms with Gasteiger partial charge < -0.3 is 5.32 Å². The molecule has 0 fully saturated rings. The summed E-state index contributed by atoms with van der Waals surface area (Å²) in [7, 11) is 0. The van der Waals surface area contributed by atoms with Crippen LogP contribution in [-0.4, -0.2) is 30.7 Å². The molecule has 1 amide bonds. The van der Waals surface area contributed by atoms with E-state index in [-0.39, 0.29) is 11.8 Å². The van der Waals surface area contributed by atoms with Gasteiger partial charge in [-0.2, -0.15) is 9.61 Å². The summed E-state index contributed by atoms with van der Waals surface area (Å²) in [5, 5.41) is 16.2. The van der Waals surface area contributed by atoms with Crippen molar-refractivity contribution in [2.24, 2.45) is 5.92 Å². The van der Waals surface area contributed by atoms with Crippen LogP contribution in [0.25, 0.3) is 28.3 Å². The molecule has 0 unspecified atom stereocenters. The lowest BCUT2D eigenvalue weighted by Crippen LogP contribution is -2.22. The Kier molecular flexibility index (Phi) is 6.31. The van der Waals surface area contributed by atoms with Gasteiger partial charge in [-0.15, -0.1) is 10.2 Å². The number of aromatic nitrogens is 5. The van der Waals surface area contributed by atoms with Crippen LogP contribution in [0.15, 0.2) is 60.9 Å². The van der Waals surface area contributed by atoms with Crippen LogP contribution in [0.2, 0.25) is 0 Å². The Hall–Kier alpha value is -3.61. The number of rotatable bonds is 8. The van der Waals surface area contributed by atoms with E-state index in [0.29, 0.717) is 11.5 Å². The molecule has 0 aliphatic rings. The quantitative estimate of drug-likeness (QED) is 0.438. The Morgan fingerprint density at radius 3 is 2.42 bits per heavy atom. The van der Waals surface area contributed by atoms with E-state index in [1.807, 2.05) is 48.5 Å². The van der Waals surface area contributed by atoms with Crippen molar-refractivity contribution in [3.05, 3.63) is 60.9 Å². The molecule has 0 atom stereocenters. The average Bonchev–Trinajstić information content (AvgIpc) is 3.23. The van der Waals surface area contributed by atoms with Crippen molar-refractivity contribution >= 4 is 17.2 Å². The molecule has 0 spiro atoms. The van der Waals surface area contributed by atoms with Gasteiger partial charge in [0.05, 0.1) is 5.69 Å². The summed E-state index contributed by atoms with van der Waals surface area (Å²) in [4.78, 5) is 16.7. The number of nitrogens with one attached hydrogen (secondary N) is 1. The van der Waals surface area contributed by atoms with Gasteiger partial charge in [0, 0.05) is 35.1 Å². The lowest BCUT2D eigenvalue weighted by atomic mass is 9.97. The standard InChI is InChI=1S/C24H26N6O/c1-3-6-18(7-4-2)24(31)26-20-11-9-17(10-12-20)21-13-14-22-27-28-23(30(22)29-21)19-8-5-15-25-16-19/h5,8-16,18H,3-4,6-7H2,1-2H3,(H,26,31). The maximum Gasteiger partial charge on any atom is 0.227 e. The number of benzene rings is 1. The van der Waals surface area contributed by atoms with Gasteiger partial charge in [-0.1, -0.05) is 38.8 Å². The fourth-order valence-corrected chi connectivity index (χ4v) is 3.69. The number of carbonyl (C=O) groups is 1. The van der Waals surface area contributed by atoms with E-state index in [2.05, 4.69) is 34.3 Å².